The molecule has 2 heterocycles. The molecule has 3 rings (SSSR count). The van der Waals surface area contributed by atoms with Crippen molar-refractivity contribution < 1.29 is 14.4 Å². The van der Waals surface area contributed by atoms with E-state index in [1.165, 1.54) is 0 Å². The van der Waals surface area contributed by atoms with Crippen LogP contribution in [0.25, 0.3) is 0 Å². The van der Waals surface area contributed by atoms with E-state index in [4.69, 9.17) is 0 Å². The minimum atomic E-state index is -0.651. The van der Waals surface area contributed by atoms with Crippen LogP contribution in [0.3, 0.4) is 0 Å². The van der Waals surface area contributed by atoms with Gasteiger partial charge in [0.15, 0.2) is 0 Å². The quantitative estimate of drug-likeness (QED) is 0.699. The number of hydrogen-bond donors (Lipinski definition) is 1. The highest BCUT2D eigenvalue weighted by molar-refractivity contribution is 6.22. The number of nitrogens with zero attached hydrogens (tertiary/aromatic N) is 1. The summed E-state index contributed by atoms with van der Waals surface area (Å²) in [7, 11) is 0. The normalized spacial score (nSPS) is 22.9. The topological polar surface area (TPSA) is 66.5 Å². The van der Waals surface area contributed by atoms with Gasteiger partial charge in [0.1, 0.15) is 6.04 Å². The lowest BCUT2D eigenvalue weighted by atomic mass is 10.1. The molecule has 0 aliphatic carbocycles. The lowest BCUT2D eigenvalue weighted by Crippen LogP contribution is -2.44. The van der Waals surface area contributed by atoms with Gasteiger partial charge in [-0.15, -0.1) is 0 Å². The van der Waals surface area contributed by atoms with Gasteiger partial charge in [-0.3, -0.25) is 19.3 Å². The van der Waals surface area contributed by atoms with Crippen molar-refractivity contribution in [3.05, 3.63) is 35.4 Å². The van der Waals surface area contributed by atoms with E-state index in [1.807, 2.05) is 0 Å². The van der Waals surface area contributed by atoms with Crippen molar-refractivity contribution in [3.8, 4) is 0 Å². The molecular weight excluding hydrogens is 220 g/mol. The molecule has 2 aliphatic rings. The third-order valence-corrected chi connectivity index (χ3v) is 3.16. The second-order valence-corrected chi connectivity index (χ2v) is 4.12. The van der Waals surface area contributed by atoms with Crippen LogP contribution in [0, 0.1) is 0 Å². The van der Waals surface area contributed by atoms with E-state index >= 15 is 0 Å². The van der Waals surface area contributed by atoms with Gasteiger partial charge in [0.25, 0.3) is 11.8 Å². The lowest BCUT2D eigenvalue weighted by Gasteiger charge is -2.18. The molecule has 2 aliphatic heterocycles. The minimum absolute atomic E-state index is 0.250. The summed E-state index contributed by atoms with van der Waals surface area (Å²) in [5, 5.41) is 2.63. The molecule has 0 radical (unpaired) electrons. The molecule has 0 aromatic heterocycles. The maximum atomic E-state index is 12.1. The molecule has 1 atom stereocenters. The van der Waals surface area contributed by atoms with Crippen LogP contribution < -0.4 is 5.32 Å². The van der Waals surface area contributed by atoms with Gasteiger partial charge < -0.3 is 5.32 Å². The van der Waals surface area contributed by atoms with Crippen LogP contribution in [0.1, 0.15) is 27.1 Å². The van der Waals surface area contributed by atoms with Crippen molar-refractivity contribution >= 4 is 17.7 Å². The Labute approximate surface area is 97.4 Å². The molecule has 1 saturated heterocycles. The first-order valence-electron chi connectivity index (χ1n) is 5.45. The number of imide groups is 1. The maximum Gasteiger partial charge on any atom is 0.262 e. The third-order valence-electron chi connectivity index (χ3n) is 3.16. The molecule has 1 fully saturated rings. The summed E-state index contributed by atoms with van der Waals surface area (Å²) in [6.45, 7) is 0.511. The van der Waals surface area contributed by atoms with Crippen molar-refractivity contribution in [2.75, 3.05) is 6.54 Å². The molecule has 3 amide bonds. The van der Waals surface area contributed by atoms with Crippen LogP contribution in [0.4, 0.5) is 0 Å². The minimum Gasteiger partial charge on any atom is -0.354 e. The summed E-state index contributed by atoms with van der Waals surface area (Å²) in [6, 6.07) is 6.00. The molecule has 1 N–H and O–H groups in total. The Hall–Kier alpha value is -2.17. The molecule has 0 saturated carbocycles. The Morgan fingerprint density at radius 1 is 1.06 bits per heavy atom. The fraction of sp³-hybridized carbons (Fsp3) is 0.250. The lowest BCUT2D eigenvalue weighted by molar-refractivity contribution is -0.122. The fourth-order valence-electron chi connectivity index (χ4n) is 2.32. The van der Waals surface area contributed by atoms with Gasteiger partial charge in [-0.25, -0.2) is 0 Å². The Bertz CT molecular complexity index is 503. The van der Waals surface area contributed by atoms with Gasteiger partial charge in [0.2, 0.25) is 5.91 Å². The highest BCUT2D eigenvalue weighted by Gasteiger charge is 2.43. The monoisotopic (exact) mass is 230 g/mol. The van der Waals surface area contributed by atoms with E-state index in [9.17, 15) is 14.4 Å². The first kappa shape index (κ1) is 10.0. The predicted molar refractivity (Wildman–Crippen MR) is 58.4 cm³/mol. The van der Waals surface area contributed by atoms with Gasteiger partial charge in [0.05, 0.1) is 11.1 Å². The second-order valence-electron chi connectivity index (χ2n) is 4.12. The van der Waals surface area contributed by atoms with Crippen LogP contribution in [-0.4, -0.2) is 35.2 Å². The van der Waals surface area contributed by atoms with Gasteiger partial charge in [-0.05, 0) is 18.6 Å². The summed E-state index contributed by atoms with van der Waals surface area (Å²) < 4.78 is 0. The molecule has 5 nitrogen and oxygen atoms in total. The number of benzene rings is 1. The standard InChI is InChI=1S/C12H10N2O3/c15-10-9(5-6-13-10)14-11(16)7-3-1-2-4-8(7)12(14)17/h1-4,9H,5-6H2,(H,13,15)/t9-/m1/s1. The van der Waals surface area contributed by atoms with E-state index in [1.54, 1.807) is 24.3 Å². The molecule has 1 aromatic rings. The smallest absolute Gasteiger partial charge is 0.262 e. The molecule has 1 aromatic carbocycles. The first-order chi connectivity index (χ1) is 8.20. The van der Waals surface area contributed by atoms with E-state index in [0.29, 0.717) is 24.1 Å². The number of nitrogens with one attached hydrogen (secondary N) is 1. The zero-order chi connectivity index (χ0) is 12.0. The first-order valence-corrected chi connectivity index (χ1v) is 5.45. The summed E-state index contributed by atoms with van der Waals surface area (Å²) >= 11 is 0. The zero-order valence-electron chi connectivity index (χ0n) is 8.97. The van der Waals surface area contributed by atoms with Crippen molar-refractivity contribution in [1.29, 1.82) is 0 Å². The average Bonchev–Trinajstić information content (AvgIpc) is 2.84. The molecule has 86 valence electrons. The summed E-state index contributed by atoms with van der Waals surface area (Å²) in [5.41, 5.74) is 0.773. The van der Waals surface area contributed by atoms with Gasteiger partial charge in [-0.1, -0.05) is 12.1 Å². The molecule has 17 heavy (non-hydrogen) atoms. The van der Waals surface area contributed by atoms with Crippen molar-refractivity contribution in [3.63, 3.8) is 0 Å². The number of amides is 3. The maximum absolute atomic E-state index is 12.1. The van der Waals surface area contributed by atoms with Gasteiger partial charge in [0, 0.05) is 6.54 Å². The van der Waals surface area contributed by atoms with Crippen molar-refractivity contribution in [2.24, 2.45) is 0 Å². The van der Waals surface area contributed by atoms with Crippen LogP contribution in [0.15, 0.2) is 24.3 Å². The van der Waals surface area contributed by atoms with E-state index in [-0.39, 0.29) is 17.7 Å². The van der Waals surface area contributed by atoms with Crippen molar-refractivity contribution in [2.45, 2.75) is 12.5 Å². The van der Waals surface area contributed by atoms with E-state index < -0.39 is 6.04 Å². The molecule has 5 heteroatoms. The van der Waals surface area contributed by atoms with Crippen LogP contribution in [0.2, 0.25) is 0 Å². The molecule has 0 bridgehead atoms. The van der Waals surface area contributed by atoms with E-state index in [0.717, 1.165) is 4.90 Å². The Morgan fingerprint density at radius 3 is 2.12 bits per heavy atom. The SMILES string of the molecule is O=C1NCC[C@H]1N1C(=O)c2ccccc2C1=O. The highest BCUT2D eigenvalue weighted by Crippen LogP contribution is 2.26. The summed E-state index contributed by atoms with van der Waals surface area (Å²) in [5.74, 6) is -0.986. The molecule has 0 spiro atoms. The van der Waals surface area contributed by atoms with Gasteiger partial charge >= 0.3 is 0 Å². The Morgan fingerprint density at radius 2 is 1.65 bits per heavy atom. The average molecular weight is 230 g/mol. The molecule has 0 unspecified atom stereocenters. The van der Waals surface area contributed by atoms with Crippen LogP contribution >= 0.6 is 0 Å². The highest BCUT2D eigenvalue weighted by atomic mass is 16.2. The largest absolute Gasteiger partial charge is 0.354 e. The zero-order valence-corrected chi connectivity index (χ0v) is 8.97. The Kier molecular flexibility index (Phi) is 2.01. The number of rotatable bonds is 1. The van der Waals surface area contributed by atoms with E-state index in [2.05, 4.69) is 5.32 Å². The number of carbonyl (C=O) groups excluding carboxylic acids is 3. The van der Waals surface area contributed by atoms with Crippen molar-refractivity contribution in [1.82, 2.24) is 10.2 Å². The predicted octanol–water partition coefficient (Wildman–Crippen LogP) is 0.171. The molecular formula is C12H10N2O3. The number of hydrogen-bond acceptors (Lipinski definition) is 3. The number of carbonyl (C=O) groups is 3. The Balaban J connectivity index is 2.03. The summed E-state index contributed by atoms with van der Waals surface area (Å²) in [6.07, 6.45) is 0.490. The number of fused-ring (bicyclic) bond motifs is 1. The van der Waals surface area contributed by atoms with Gasteiger partial charge in [-0.2, -0.15) is 0 Å². The third kappa shape index (κ3) is 1.28. The van der Waals surface area contributed by atoms with Crippen LogP contribution in [-0.2, 0) is 4.79 Å². The second kappa shape index (κ2) is 3.41. The summed E-state index contributed by atoms with van der Waals surface area (Å²) in [4.78, 5) is 36.8. The fourth-order valence-corrected chi connectivity index (χ4v) is 2.32. The van der Waals surface area contributed by atoms with Crippen LogP contribution in [0.5, 0.6) is 0 Å².